The molecule has 1 aromatic carbocycles. The smallest absolute Gasteiger partial charge is 0.319 e. The molecule has 108 valence electrons. The molecule has 0 radical (unpaired) electrons. The quantitative estimate of drug-likeness (QED) is 0.418. The number of nitrogens with zero attached hydrogens (tertiary/aromatic N) is 2. The number of esters is 1. The number of furan rings is 1. The van der Waals surface area contributed by atoms with Crippen LogP contribution in [0.3, 0.4) is 0 Å². The summed E-state index contributed by atoms with van der Waals surface area (Å²) in [6.07, 6.45) is 1.49. The summed E-state index contributed by atoms with van der Waals surface area (Å²) in [6, 6.07) is 7.69. The summed E-state index contributed by atoms with van der Waals surface area (Å²) in [5, 5.41) is 1.24. The summed E-state index contributed by atoms with van der Waals surface area (Å²) in [6.45, 7) is 3.95. The van der Waals surface area contributed by atoms with Gasteiger partial charge in [-0.05, 0) is 26.0 Å². The van der Waals surface area contributed by atoms with E-state index in [4.69, 9.17) is 9.15 Å². The summed E-state index contributed by atoms with van der Waals surface area (Å²) >= 11 is 1.32. The highest BCUT2D eigenvalue weighted by Crippen LogP contribution is 2.34. The molecule has 0 aliphatic heterocycles. The van der Waals surface area contributed by atoms with E-state index >= 15 is 0 Å². The predicted octanol–water partition coefficient (Wildman–Crippen LogP) is 3.42. The SMILES string of the molecule is CCOC(=O)C(C)Sc1ncnc2c1oc1ccccc12. The van der Waals surface area contributed by atoms with Crippen molar-refractivity contribution >= 4 is 39.8 Å². The zero-order valence-corrected chi connectivity index (χ0v) is 12.5. The van der Waals surface area contributed by atoms with E-state index in [0.29, 0.717) is 17.2 Å². The van der Waals surface area contributed by atoms with Gasteiger partial charge in [0.1, 0.15) is 27.7 Å². The molecular weight excluding hydrogens is 288 g/mol. The Morgan fingerprint density at radius 1 is 1.38 bits per heavy atom. The highest BCUT2D eigenvalue weighted by molar-refractivity contribution is 8.00. The summed E-state index contributed by atoms with van der Waals surface area (Å²) in [5.41, 5.74) is 2.14. The number of thioether (sulfide) groups is 1. The van der Waals surface area contributed by atoms with E-state index in [9.17, 15) is 4.79 Å². The van der Waals surface area contributed by atoms with Gasteiger partial charge in [-0.2, -0.15) is 0 Å². The molecule has 0 fully saturated rings. The standard InChI is InChI=1S/C15H14N2O3S/c1-3-19-15(18)9(2)21-14-13-12(16-8-17-14)10-6-4-5-7-11(10)20-13/h4-9H,3H2,1-2H3. The molecule has 0 saturated carbocycles. The molecule has 0 spiro atoms. The number of hydrogen-bond acceptors (Lipinski definition) is 6. The number of benzene rings is 1. The molecule has 3 aromatic rings. The van der Waals surface area contributed by atoms with Crippen LogP contribution in [0.2, 0.25) is 0 Å². The van der Waals surface area contributed by atoms with Gasteiger partial charge in [0.2, 0.25) is 0 Å². The molecular formula is C15H14N2O3S. The predicted molar refractivity (Wildman–Crippen MR) is 81.3 cm³/mol. The first-order chi connectivity index (χ1) is 10.2. The second-order valence-corrected chi connectivity index (χ2v) is 5.80. The number of rotatable bonds is 4. The Morgan fingerprint density at radius 3 is 3.00 bits per heavy atom. The minimum atomic E-state index is -0.351. The van der Waals surface area contributed by atoms with Gasteiger partial charge in [-0.3, -0.25) is 4.79 Å². The fourth-order valence-corrected chi connectivity index (χ4v) is 2.91. The van der Waals surface area contributed by atoms with Crippen molar-refractivity contribution in [3.63, 3.8) is 0 Å². The minimum Gasteiger partial charge on any atom is -0.465 e. The van der Waals surface area contributed by atoms with Crippen LogP contribution >= 0.6 is 11.8 Å². The monoisotopic (exact) mass is 302 g/mol. The van der Waals surface area contributed by atoms with Crippen LogP contribution in [0.5, 0.6) is 0 Å². The lowest BCUT2D eigenvalue weighted by Gasteiger charge is -2.09. The molecule has 0 saturated heterocycles. The zero-order valence-electron chi connectivity index (χ0n) is 11.7. The second-order valence-electron chi connectivity index (χ2n) is 4.47. The third-order valence-electron chi connectivity index (χ3n) is 3.03. The van der Waals surface area contributed by atoms with Crippen molar-refractivity contribution in [3.05, 3.63) is 30.6 Å². The van der Waals surface area contributed by atoms with Crippen LogP contribution < -0.4 is 0 Å². The molecule has 0 aliphatic carbocycles. The number of aromatic nitrogens is 2. The molecule has 21 heavy (non-hydrogen) atoms. The van der Waals surface area contributed by atoms with E-state index in [1.165, 1.54) is 18.1 Å². The molecule has 3 rings (SSSR count). The van der Waals surface area contributed by atoms with Crippen LogP contribution in [0.25, 0.3) is 22.1 Å². The van der Waals surface area contributed by atoms with Crippen molar-refractivity contribution < 1.29 is 13.9 Å². The number of ether oxygens (including phenoxy) is 1. The van der Waals surface area contributed by atoms with Crippen molar-refractivity contribution in [3.8, 4) is 0 Å². The average Bonchev–Trinajstić information content (AvgIpc) is 2.87. The van der Waals surface area contributed by atoms with Gasteiger partial charge in [0.15, 0.2) is 5.58 Å². The molecule has 1 unspecified atom stereocenters. The molecule has 2 aromatic heterocycles. The van der Waals surface area contributed by atoms with Crippen molar-refractivity contribution in [2.75, 3.05) is 6.61 Å². The summed E-state index contributed by atoms with van der Waals surface area (Å²) in [4.78, 5) is 20.3. The van der Waals surface area contributed by atoms with Gasteiger partial charge in [0, 0.05) is 5.39 Å². The van der Waals surface area contributed by atoms with Gasteiger partial charge >= 0.3 is 5.97 Å². The first-order valence-electron chi connectivity index (χ1n) is 6.66. The number of carbonyl (C=O) groups excluding carboxylic acids is 1. The van der Waals surface area contributed by atoms with Gasteiger partial charge in [-0.15, -0.1) is 0 Å². The second kappa shape index (κ2) is 5.73. The number of fused-ring (bicyclic) bond motifs is 3. The van der Waals surface area contributed by atoms with Gasteiger partial charge in [-0.25, -0.2) is 9.97 Å². The van der Waals surface area contributed by atoms with Crippen LogP contribution in [-0.2, 0) is 9.53 Å². The van der Waals surface area contributed by atoms with Crippen LogP contribution in [0.4, 0.5) is 0 Å². The van der Waals surface area contributed by atoms with Gasteiger partial charge < -0.3 is 9.15 Å². The summed E-state index contributed by atoms with van der Waals surface area (Å²) < 4.78 is 10.8. The fourth-order valence-electron chi connectivity index (χ4n) is 2.06. The maximum Gasteiger partial charge on any atom is 0.319 e. The fraction of sp³-hybridized carbons (Fsp3) is 0.267. The summed E-state index contributed by atoms with van der Waals surface area (Å²) in [5.74, 6) is -0.259. The molecule has 5 nitrogen and oxygen atoms in total. The molecule has 2 heterocycles. The zero-order chi connectivity index (χ0) is 14.8. The van der Waals surface area contributed by atoms with Crippen molar-refractivity contribution in [1.29, 1.82) is 0 Å². The summed E-state index contributed by atoms with van der Waals surface area (Å²) in [7, 11) is 0. The highest BCUT2D eigenvalue weighted by atomic mass is 32.2. The Hall–Kier alpha value is -2.08. The molecule has 0 aliphatic rings. The van der Waals surface area contributed by atoms with Gasteiger partial charge in [-0.1, -0.05) is 23.9 Å². The lowest BCUT2D eigenvalue weighted by atomic mass is 10.2. The third kappa shape index (κ3) is 2.58. The van der Waals surface area contributed by atoms with Gasteiger partial charge in [0.05, 0.1) is 6.61 Å². The number of hydrogen-bond donors (Lipinski definition) is 0. The minimum absolute atomic E-state index is 0.259. The van der Waals surface area contributed by atoms with Gasteiger partial charge in [0.25, 0.3) is 0 Å². The van der Waals surface area contributed by atoms with E-state index < -0.39 is 0 Å². The van der Waals surface area contributed by atoms with Crippen LogP contribution in [0.15, 0.2) is 40.0 Å². The topological polar surface area (TPSA) is 65.2 Å². The van der Waals surface area contributed by atoms with Crippen molar-refractivity contribution in [2.24, 2.45) is 0 Å². The number of carbonyl (C=O) groups is 1. The maximum atomic E-state index is 11.7. The van der Waals surface area contributed by atoms with Crippen molar-refractivity contribution in [2.45, 2.75) is 24.1 Å². The van der Waals surface area contributed by atoms with Crippen molar-refractivity contribution in [1.82, 2.24) is 9.97 Å². The Bertz CT molecular complexity index is 800. The Labute approximate surface area is 125 Å². The van der Waals surface area contributed by atoms with E-state index in [0.717, 1.165) is 16.5 Å². The van der Waals surface area contributed by atoms with E-state index in [1.54, 1.807) is 13.8 Å². The van der Waals surface area contributed by atoms with E-state index in [1.807, 2.05) is 24.3 Å². The Morgan fingerprint density at radius 2 is 2.19 bits per heavy atom. The highest BCUT2D eigenvalue weighted by Gasteiger charge is 2.20. The first-order valence-corrected chi connectivity index (χ1v) is 7.54. The van der Waals surface area contributed by atoms with Crippen LogP contribution in [-0.4, -0.2) is 27.8 Å². The lowest BCUT2D eigenvalue weighted by Crippen LogP contribution is -2.16. The van der Waals surface area contributed by atoms with Crippen LogP contribution in [0, 0.1) is 0 Å². The first kappa shape index (κ1) is 13.9. The molecule has 0 amide bonds. The van der Waals surface area contributed by atoms with E-state index in [2.05, 4.69) is 9.97 Å². The molecule has 0 N–H and O–H groups in total. The molecule has 6 heteroatoms. The van der Waals surface area contributed by atoms with E-state index in [-0.39, 0.29) is 11.2 Å². The normalized spacial score (nSPS) is 12.7. The third-order valence-corrected chi connectivity index (χ3v) is 4.09. The molecule has 0 bridgehead atoms. The largest absolute Gasteiger partial charge is 0.465 e. The Balaban J connectivity index is 2.01. The lowest BCUT2D eigenvalue weighted by molar-refractivity contribution is -0.142. The molecule has 1 atom stereocenters. The average molecular weight is 302 g/mol. The number of para-hydroxylation sites is 1. The van der Waals surface area contributed by atoms with Crippen LogP contribution in [0.1, 0.15) is 13.8 Å². The Kier molecular flexibility index (Phi) is 3.79. The maximum absolute atomic E-state index is 11.7.